The van der Waals surface area contributed by atoms with Gasteiger partial charge in [-0.25, -0.2) is 14.6 Å². The molecule has 2 aromatic heterocycles. The van der Waals surface area contributed by atoms with E-state index in [1.165, 1.54) is 42.6 Å². The number of hydrogen-bond donors (Lipinski definition) is 2. The fourth-order valence-corrected chi connectivity index (χ4v) is 2.61. The molecule has 0 saturated heterocycles. The number of benzene rings is 1. The first-order valence-corrected chi connectivity index (χ1v) is 8.94. The third-order valence-electron chi connectivity index (χ3n) is 4.03. The van der Waals surface area contributed by atoms with E-state index in [4.69, 9.17) is 4.74 Å². The van der Waals surface area contributed by atoms with Crippen molar-refractivity contribution in [2.24, 2.45) is 0 Å². The fraction of sp³-hybridized carbons (Fsp3) is 0.211. The normalized spacial score (nSPS) is 10.6. The number of ether oxygens (including phenoxy) is 2. The predicted octanol–water partition coefficient (Wildman–Crippen LogP) is 1.32. The minimum Gasteiger partial charge on any atom is -0.493 e. The van der Waals surface area contributed by atoms with Gasteiger partial charge in [-0.2, -0.15) is 13.9 Å². The van der Waals surface area contributed by atoms with E-state index in [1.807, 2.05) is 0 Å². The van der Waals surface area contributed by atoms with Gasteiger partial charge in [-0.3, -0.25) is 9.59 Å². The number of rotatable bonds is 9. The van der Waals surface area contributed by atoms with Gasteiger partial charge in [-0.05, 0) is 24.3 Å². The zero-order chi connectivity index (χ0) is 22.2. The lowest BCUT2D eigenvalue weighted by molar-refractivity contribution is -0.120. The van der Waals surface area contributed by atoms with Gasteiger partial charge in [-0.1, -0.05) is 6.07 Å². The fourth-order valence-electron chi connectivity index (χ4n) is 2.61. The average molecular weight is 432 g/mol. The Morgan fingerprint density at radius 2 is 2.03 bits per heavy atom. The van der Waals surface area contributed by atoms with Crippen molar-refractivity contribution in [2.75, 3.05) is 13.7 Å². The average Bonchev–Trinajstić information content (AvgIpc) is 3.31. The van der Waals surface area contributed by atoms with Crippen molar-refractivity contribution in [1.29, 1.82) is 0 Å². The highest BCUT2D eigenvalue weighted by Crippen LogP contribution is 2.29. The van der Waals surface area contributed by atoms with Gasteiger partial charge in [0.05, 0.1) is 13.7 Å². The summed E-state index contributed by atoms with van der Waals surface area (Å²) >= 11 is 0. The number of hydrogen-bond acceptors (Lipinski definition) is 7. The number of nitrogens with one attached hydrogen (secondary N) is 2. The zero-order valence-electron chi connectivity index (χ0n) is 16.3. The number of aromatic nitrogens is 4. The quantitative estimate of drug-likeness (QED) is 0.523. The maximum absolute atomic E-state index is 12.4. The van der Waals surface area contributed by atoms with Gasteiger partial charge in [0, 0.05) is 23.9 Å². The molecule has 0 radical (unpaired) electrons. The highest BCUT2D eigenvalue weighted by Gasteiger charge is 2.15. The SMILES string of the molecule is COc1cc(C(=O)NCC(=O)NCc2cccnc2-n2cncn2)ccc1OC(F)F. The van der Waals surface area contributed by atoms with Gasteiger partial charge in [0.25, 0.3) is 5.91 Å². The molecule has 0 atom stereocenters. The Bertz CT molecular complexity index is 1050. The molecule has 0 unspecified atom stereocenters. The summed E-state index contributed by atoms with van der Waals surface area (Å²) in [6.45, 7) is -3.16. The van der Waals surface area contributed by atoms with E-state index in [9.17, 15) is 18.4 Å². The van der Waals surface area contributed by atoms with Crippen LogP contribution in [0.5, 0.6) is 11.5 Å². The third kappa shape index (κ3) is 5.72. The molecule has 0 spiro atoms. The van der Waals surface area contributed by atoms with E-state index in [2.05, 4.69) is 30.4 Å². The van der Waals surface area contributed by atoms with Gasteiger partial charge >= 0.3 is 6.61 Å². The molecule has 0 saturated carbocycles. The van der Waals surface area contributed by atoms with E-state index in [-0.39, 0.29) is 30.2 Å². The Hall–Kier alpha value is -4.09. The highest BCUT2D eigenvalue weighted by molar-refractivity contribution is 5.97. The standard InChI is InChI=1S/C19H18F2N6O4/c1-30-15-7-12(4-5-14(15)31-19(20)21)18(29)25-9-16(28)24-8-13-3-2-6-23-17(13)27-11-22-10-26-27/h2-7,10-11,19H,8-9H2,1H3,(H,24,28)(H,25,29). The van der Waals surface area contributed by atoms with Crippen molar-refractivity contribution in [3.05, 3.63) is 60.3 Å². The lowest BCUT2D eigenvalue weighted by atomic mass is 10.2. The van der Waals surface area contributed by atoms with Crippen LogP contribution in [0.3, 0.4) is 0 Å². The van der Waals surface area contributed by atoms with Crippen molar-refractivity contribution in [2.45, 2.75) is 13.2 Å². The van der Waals surface area contributed by atoms with Gasteiger partial charge < -0.3 is 20.1 Å². The number of halogens is 2. The maximum Gasteiger partial charge on any atom is 0.387 e. The summed E-state index contributed by atoms with van der Waals surface area (Å²) in [7, 11) is 1.26. The van der Waals surface area contributed by atoms with E-state index in [1.54, 1.807) is 18.3 Å². The molecule has 2 amide bonds. The van der Waals surface area contributed by atoms with Crippen LogP contribution in [0, 0.1) is 0 Å². The van der Waals surface area contributed by atoms with Crippen LogP contribution in [0.2, 0.25) is 0 Å². The summed E-state index contributed by atoms with van der Waals surface area (Å²) in [6, 6.07) is 7.21. The van der Waals surface area contributed by atoms with Crippen molar-refractivity contribution in [1.82, 2.24) is 30.4 Å². The van der Waals surface area contributed by atoms with E-state index in [0.717, 1.165) is 0 Å². The summed E-state index contributed by atoms with van der Waals surface area (Å²) in [6.07, 6.45) is 4.45. The minimum absolute atomic E-state index is 0.0328. The van der Waals surface area contributed by atoms with Crippen LogP contribution in [0.25, 0.3) is 5.82 Å². The molecule has 0 aliphatic heterocycles. The van der Waals surface area contributed by atoms with Crippen molar-refractivity contribution < 1.29 is 27.8 Å². The van der Waals surface area contributed by atoms with Crippen LogP contribution in [-0.2, 0) is 11.3 Å². The molecule has 2 N–H and O–H groups in total. The van der Waals surface area contributed by atoms with Crippen molar-refractivity contribution in [3.63, 3.8) is 0 Å². The number of amides is 2. The summed E-state index contributed by atoms with van der Waals surface area (Å²) in [5, 5.41) is 9.14. The number of carbonyl (C=O) groups excluding carboxylic acids is 2. The first-order chi connectivity index (χ1) is 15.0. The first-order valence-electron chi connectivity index (χ1n) is 8.94. The van der Waals surface area contributed by atoms with Crippen LogP contribution >= 0.6 is 0 Å². The van der Waals surface area contributed by atoms with E-state index in [0.29, 0.717) is 11.4 Å². The number of methoxy groups -OCH3 is 1. The van der Waals surface area contributed by atoms with Crippen LogP contribution in [0.1, 0.15) is 15.9 Å². The van der Waals surface area contributed by atoms with Gasteiger partial charge in [0.1, 0.15) is 12.7 Å². The van der Waals surface area contributed by atoms with Gasteiger partial charge in [0.15, 0.2) is 17.3 Å². The van der Waals surface area contributed by atoms with Crippen LogP contribution < -0.4 is 20.1 Å². The van der Waals surface area contributed by atoms with Gasteiger partial charge in [0.2, 0.25) is 5.91 Å². The molecule has 162 valence electrons. The first kappa shape index (κ1) is 21.6. The monoisotopic (exact) mass is 432 g/mol. The number of pyridine rings is 1. The van der Waals surface area contributed by atoms with E-state index < -0.39 is 18.4 Å². The smallest absolute Gasteiger partial charge is 0.387 e. The minimum atomic E-state index is -3.03. The second-order valence-corrected chi connectivity index (χ2v) is 6.03. The molecule has 0 aliphatic carbocycles. The third-order valence-corrected chi connectivity index (χ3v) is 4.03. The maximum atomic E-state index is 12.4. The lowest BCUT2D eigenvalue weighted by Crippen LogP contribution is -2.36. The topological polar surface area (TPSA) is 120 Å². The summed E-state index contributed by atoms with van der Waals surface area (Å²) < 4.78 is 35.5. The Morgan fingerprint density at radius 3 is 2.74 bits per heavy atom. The Labute approximate surface area is 175 Å². The molecule has 3 aromatic rings. The zero-order valence-corrected chi connectivity index (χ0v) is 16.3. The van der Waals surface area contributed by atoms with Crippen LogP contribution in [0.15, 0.2) is 49.2 Å². The van der Waals surface area contributed by atoms with E-state index >= 15 is 0 Å². The molecular formula is C19H18F2N6O4. The summed E-state index contributed by atoms with van der Waals surface area (Å²) in [5.74, 6) is -0.739. The van der Waals surface area contributed by atoms with Crippen LogP contribution in [0.4, 0.5) is 8.78 Å². The van der Waals surface area contributed by atoms with Crippen molar-refractivity contribution in [3.8, 4) is 17.3 Å². The number of alkyl halides is 2. The molecule has 31 heavy (non-hydrogen) atoms. The Balaban J connectivity index is 1.55. The van der Waals surface area contributed by atoms with Crippen LogP contribution in [-0.4, -0.2) is 51.8 Å². The molecule has 0 fully saturated rings. The predicted molar refractivity (Wildman–Crippen MR) is 103 cm³/mol. The molecule has 12 heteroatoms. The highest BCUT2D eigenvalue weighted by atomic mass is 19.3. The summed E-state index contributed by atoms with van der Waals surface area (Å²) in [4.78, 5) is 32.5. The Morgan fingerprint density at radius 1 is 1.19 bits per heavy atom. The molecule has 3 rings (SSSR count). The number of nitrogens with zero attached hydrogens (tertiary/aromatic N) is 4. The van der Waals surface area contributed by atoms with Crippen molar-refractivity contribution >= 4 is 11.8 Å². The lowest BCUT2D eigenvalue weighted by Gasteiger charge is -2.12. The molecule has 0 aliphatic rings. The molecule has 10 nitrogen and oxygen atoms in total. The summed E-state index contributed by atoms with van der Waals surface area (Å²) in [5.41, 5.74) is 0.819. The molecule has 0 bridgehead atoms. The molecular weight excluding hydrogens is 414 g/mol. The largest absolute Gasteiger partial charge is 0.493 e. The molecule has 1 aromatic carbocycles. The second kappa shape index (κ2) is 10.1. The van der Waals surface area contributed by atoms with Gasteiger partial charge in [-0.15, -0.1) is 0 Å². The second-order valence-electron chi connectivity index (χ2n) is 6.03. The molecule has 2 heterocycles. The Kier molecular flexibility index (Phi) is 7.04. The number of carbonyl (C=O) groups is 2.